The van der Waals surface area contributed by atoms with E-state index in [1.54, 1.807) is 7.11 Å². The molecule has 0 aliphatic rings. The minimum absolute atomic E-state index is 0.223. The van der Waals surface area contributed by atoms with E-state index in [1.807, 2.05) is 30.1 Å². The maximum atomic E-state index is 5.48. The van der Waals surface area contributed by atoms with E-state index >= 15 is 0 Å². The lowest BCUT2D eigenvalue weighted by atomic mass is 10.0. The van der Waals surface area contributed by atoms with Crippen molar-refractivity contribution in [3.05, 3.63) is 47.8 Å². The zero-order valence-electron chi connectivity index (χ0n) is 12.5. The van der Waals surface area contributed by atoms with Gasteiger partial charge in [-0.2, -0.15) is 5.10 Å². The first-order valence-electron chi connectivity index (χ1n) is 7.09. The lowest BCUT2D eigenvalue weighted by molar-refractivity contribution is 0.397. The van der Waals surface area contributed by atoms with Gasteiger partial charge in [0.1, 0.15) is 5.75 Å². The van der Waals surface area contributed by atoms with Crippen LogP contribution in [0.3, 0.4) is 0 Å². The van der Waals surface area contributed by atoms with Crippen molar-refractivity contribution in [1.82, 2.24) is 15.1 Å². The highest BCUT2D eigenvalue weighted by Gasteiger charge is 2.16. The number of aromatic nitrogens is 2. The smallest absolute Gasteiger partial charge is 0.123 e. The van der Waals surface area contributed by atoms with Gasteiger partial charge in [-0.3, -0.25) is 4.68 Å². The largest absolute Gasteiger partial charge is 0.496 e. The molecule has 0 saturated carbocycles. The summed E-state index contributed by atoms with van der Waals surface area (Å²) in [6.07, 6.45) is 3.95. The molecule has 4 nitrogen and oxygen atoms in total. The van der Waals surface area contributed by atoms with Gasteiger partial charge in [-0.1, -0.05) is 25.1 Å². The monoisotopic (exact) mass is 273 g/mol. The van der Waals surface area contributed by atoms with Gasteiger partial charge in [0.15, 0.2) is 0 Å². The van der Waals surface area contributed by atoms with E-state index in [1.165, 1.54) is 5.56 Å². The number of ether oxygens (including phenoxy) is 1. The molecule has 1 unspecified atom stereocenters. The topological polar surface area (TPSA) is 39.1 Å². The van der Waals surface area contributed by atoms with Crippen LogP contribution in [-0.4, -0.2) is 23.4 Å². The molecule has 4 heteroatoms. The van der Waals surface area contributed by atoms with Crippen LogP contribution in [-0.2, 0) is 13.5 Å². The fraction of sp³-hybridized carbons (Fsp3) is 0.438. The summed E-state index contributed by atoms with van der Waals surface area (Å²) in [5.74, 6) is 0.928. The van der Waals surface area contributed by atoms with Crippen LogP contribution in [0.5, 0.6) is 5.75 Å². The highest BCUT2D eigenvalue weighted by Crippen LogP contribution is 2.27. The van der Waals surface area contributed by atoms with Crippen LogP contribution in [0.4, 0.5) is 0 Å². The lowest BCUT2D eigenvalue weighted by Gasteiger charge is -2.20. The van der Waals surface area contributed by atoms with Crippen molar-refractivity contribution in [2.75, 3.05) is 13.7 Å². The molecule has 0 fully saturated rings. The van der Waals surface area contributed by atoms with Gasteiger partial charge >= 0.3 is 0 Å². The minimum atomic E-state index is 0.223. The van der Waals surface area contributed by atoms with Gasteiger partial charge in [-0.05, 0) is 25.1 Å². The van der Waals surface area contributed by atoms with Gasteiger partial charge in [-0.25, -0.2) is 0 Å². The van der Waals surface area contributed by atoms with E-state index in [0.29, 0.717) is 0 Å². The van der Waals surface area contributed by atoms with Crippen molar-refractivity contribution in [3.8, 4) is 5.75 Å². The average molecular weight is 273 g/mol. The number of rotatable bonds is 7. The Morgan fingerprint density at radius 3 is 2.75 bits per heavy atom. The number of nitrogens with one attached hydrogen (secondary N) is 1. The average Bonchev–Trinajstić information content (AvgIpc) is 2.88. The second-order valence-corrected chi connectivity index (χ2v) is 4.93. The quantitative estimate of drug-likeness (QED) is 0.843. The second-order valence-electron chi connectivity index (χ2n) is 4.93. The Labute approximate surface area is 120 Å². The third kappa shape index (κ3) is 3.61. The van der Waals surface area contributed by atoms with Crippen LogP contribution < -0.4 is 10.1 Å². The normalized spacial score (nSPS) is 12.3. The molecule has 20 heavy (non-hydrogen) atoms. The van der Waals surface area contributed by atoms with Crippen molar-refractivity contribution in [2.24, 2.45) is 7.05 Å². The highest BCUT2D eigenvalue weighted by atomic mass is 16.5. The predicted molar refractivity (Wildman–Crippen MR) is 80.9 cm³/mol. The Hall–Kier alpha value is -1.81. The number of nitrogens with zero attached hydrogens (tertiary/aromatic N) is 2. The molecule has 0 bridgehead atoms. The maximum absolute atomic E-state index is 5.48. The molecule has 1 atom stereocenters. The van der Waals surface area contributed by atoms with Gasteiger partial charge in [0, 0.05) is 31.3 Å². The number of hydrogen-bond donors (Lipinski definition) is 1. The molecule has 2 aromatic rings. The molecule has 0 amide bonds. The zero-order chi connectivity index (χ0) is 14.4. The molecule has 1 N–H and O–H groups in total. The Morgan fingerprint density at radius 1 is 1.30 bits per heavy atom. The van der Waals surface area contributed by atoms with E-state index in [2.05, 4.69) is 35.5 Å². The van der Waals surface area contributed by atoms with Crippen molar-refractivity contribution in [1.29, 1.82) is 0 Å². The Morgan fingerprint density at radius 2 is 2.10 bits per heavy atom. The van der Waals surface area contributed by atoms with Crippen LogP contribution in [0.2, 0.25) is 0 Å². The SMILES string of the molecule is CCCNC(Cc1ccn(C)n1)c1ccccc1OC. The van der Waals surface area contributed by atoms with E-state index in [-0.39, 0.29) is 6.04 Å². The van der Waals surface area contributed by atoms with Gasteiger partial charge in [0.25, 0.3) is 0 Å². The molecule has 0 spiro atoms. The molecule has 1 aromatic carbocycles. The van der Waals surface area contributed by atoms with E-state index in [0.717, 1.165) is 30.8 Å². The molecular weight excluding hydrogens is 250 g/mol. The second kappa shape index (κ2) is 7.10. The molecule has 1 heterocycles. The number of hydrogen-bond acceptors (Lipinski definition) is 3. The number of para-hydroxylation sites is 1. The highest BCUT2D eigenvalue weighted by molar-refractivity contribution is 5.36. The van der Waals surface area contributed by atoms with Crippen molar-refractivity contribution in [2.45, 2.75) is 25.8 Å². The molecule has 2 rings (SSSR count). The molecule has 108 valence electrons. The third-order valence-electron chi connectivity index (χ3n) is 3.34. The lowest BCUT2D eigenvalue weighted by Crippen LogP contribution is -2.24. The summed E-state index contributed by atoms with van der Waals surface area (Å²) in [7, 11) is 3.66. The van der Waals surface area contributed by atoms with Crippen molar-refractivity contribution in [3.63, 3.8) is 0 Å². The van der Waals surface area contributed by atoms with Crippen LogP contribution in [0.15, 0.2) is 36.5 Å². The number of aryl methyl sites for hydroxylation is 1. The van der Waals surface area contributed by atoms with Gasteiger partial charge in [0.2, 0.25) is 0 Å². The first-order chi connectivity index (χ1) is 9.74. The molecule has 0 radical (unpaired) electrons. The summed E-state index contributed by atoms with van der Waals surface area (Å²) in [5, 5.41) is 8.06. The van der Waals surface area contributed by atoms with Gasteiger partial charge < -0.3 is 10.1 Å². The third-order valence-corrected chi connectivity index (χ3v) is 3.34. The molecule has 1 aromatic heterocycles. The van der Waals surface area contributed by atoms with E-state index in [4.69, 9.17) is 4.74 Å². The van der Waals surface area contributed by atoms with E-state index in [9.17, 15) is 0 Å². The fourth-order valence-corrected chi connectivity index (χ4v) is 2.35. The Kier molecular flexibility index (Phi) is 5.18. The maximum Gasteiger partial charge on any atom is 0.123 e. The van der Waals surface area contributed by atoms with Gasteiger partial charge in [0.05, 0.1) is 12.8 Å². The molecule has 0 aliphatic carbocycles. The van der Waals surface area contributed by atoms with E-state index < -0.39 is 0 Å². The molecule has 0 saturated heterocycles. The summed E-state index contributed by atoms with van der Waals surface area (Å²) in [6.45, 7) is 3.16. The van der Waals surface area contributed by atoms with Crippen LogP contribution in [0.25, 0.3) is 0 Å². The summed E-state index contributed by atoms with van der Waals surface area (Å²) in [4.78, 5) is 0. The standard InChI is InChI=1S/C16H23N3O/c1-4-10-17-15(12-13-9-11-19(2)18-13)14-7-5-6-8-16(14)20-3/h5-9,11,15,17H,4,10,12H2,1-3H3. The van der Waals surface area contributed by atoms with Crippen molar-refractivity contribution < 1.29 is 4.74 Å². The summed E-state index contributed by atoms with van der Waals surface area (Å²) >= 11 is 0. The van der Waals surface area contributed by atoms with Crippen LogP contribution >= 0.6 is 0 Å². The number of methoxy groups -OCH3 is 1. The zero-order valence-corrected chi connectivity index (χ0v) is 12.5. The number of benzene rings is 1. The van der Waals surface area contributed by atoms with Crippen LogP contribution in [0.1, 0.15) is 30.6 Å². The minimum Gasteiger partial charge on any atom is -0.496 e. The predicted octanol–water partition coefficient (Wildman–Crippen LogP) is 2.71. The first-order valence-corrected chi connectivity index (χ1v) is 7.09. The summed E-state index contributed by atoms with van der Waals surface area (Å²) < 4.78 is 7.33. The Bertz CT molecular complexity index is 536. The van der Waals surface area contributed by atoms with Crippen LogP contribution in [0, 0.1) is 0 Å². The summed E-state index contributed by atoms with van der Waals surface area (Å²) in [6, 6.07) is 10.5. The summed E-state index contributed by atoms with van der Waals surface area (Å²) in [5.41, 5.74) is 2.28. The fourth-order valence-electron chi connectivity index (χ4n) is 2.35. The first kappa shape index (κ1) is 14.6. The molecular formula is C16H23N3O. The van der Waals surface area contributed by atoms with Gasteiger partial charge in [-0.15, -0.1) is 0 Å². The Balaban J connectivity index is 2.22. The molecule has 0 aliphatic heterocycles. The van der Waals surface area contributed by atoms with Crippen molar-refractivity contribution >= 4 is 0 Å².